The molecule has 0 aliphatic heterocycles. The number of rotatable bonds is 3. The first-order valence-electron chi connectivity index (χ1n) is 6.46. The molecule has 0 unspecified atom stereocenters. The summed E-state index contributed by atoms with van der Waals surface area (Å²) >= 11 is 0. The maximum Gasteiger partial charge on any atom is 0.337 e. The summed E-state index contributed by atoms with van der Waals surface area (Å²) in [6.07, 6.45) is 0. The minimum absolute atomic E-state index is 0.102. The van der Waals surface area contributed by atoms with Gasteiger partial charge in [0.25, 0.3) is 5.89 Å². The summed E-state index contributed by atoms with van der Waals surface area (Å²) in [6, 6.07) is 12.7. The molecule has 3 rings (SSSR count). The van der Waals surface area contributed by atoms with E-state index in [1.165, 1.54) is 13.2 Å². The first-order valence-corrected chi connectivity index (χ1v) is 6.46. The van der Waals surface area contributed by atoms with E-state index in [-0.39, 0.29) is 17.3 Å². The number of benzene rings is 2. The van der Waals surface area contributed by atoms with Crippen molar-refractivity contribution in [3.63, 3.8) is 0 Å². The third-order valence-corrected chi connectivity index (χ3v) is 3.08. The van der Waals surface area contributed by atoms with Crippen molar-refractivity contribution in [1.82, 2.24) is 10.2 Å². The Morgan fingerprint density at radius 3 is 2.41 bits per heavy atom. The number of nitrogens with zero attached hydrogens (tertiary/aromatic N) is 2. The first kappa shape index (κ1) is 13.9. The topological polar surface area (TPSA) is 65.2 Å². The molecule has 1 aromatic heterocycles. The fourth-order valence-corrected chi connectivity index (χ4v) is 1.95. The molecule has 0 saturated heterocycles. The van der Waals surface area contributed by atoms with E-state index in [4.69, 9.17) is 4.42 Å². The Balaban J connectivity index is 1.91. The molecule has 5 nitrogen and oxygen atoms in total. The fourth-order valence-electron chi connectivity index (χ4n) is 1.95. The number of esters is 1. The lowest BCUT2D eigenvalue weighted by molar-refractivity contribution is 0.0600. The maximum absolute atomic E-state index is 13.7. The summed E-state index contributed by atoms with van der Waals surface area (Å²) in [5.41, 5.74) is 1.29. The van der Waals surface area contributed by atoms with Gasteiger partial charge in [-0.3, -0.25) is 0 Å². The van der Waals surface area contributed by atoms with Gasteiger partial charge >= 0.3 is 5.97 Å². The van der Waals surface area contributed by atoms with Crippen molar-refractivity contribution in [1.29, 1.82) is 0 Å². The van der Waals surface area contributed by atoms with E-state index in [2.05, 4.69) is 14.9 Å². The number of hydrogen-bond donors (Lipinski definition) is 0. The van der Waals surface area contributed by atoms with Crippen LogP contribution >= 0.6 is 0 Å². The van der Waals surface area contributed by atoms with Gasteiger partial charge in [-0.1, -0.05) is 12.1 Å². The normalized spacial score (nSPS) is 10.5. The van der Waals surface area contributed by atoms with Crippen LogP contribution in [0, 0.1) is 5.82 Å². The molecular formula is C16H11FN2O3. The third-order valence-electron chi connectivity index (χ3n) is 3.08. The molecule has 6 heteroatoms. The second-order valence-corrected chi connectivity index (χ2v) is 4.46. The lowest BCUT2D eigenvalue weighted by atomic mass is 10.1. The number of carbonyl (C=O) groups is 1. The molecule has 0 saturated carbocycles. The van der Waals surface area contributed by atoms with Gasteiger partial charge in [-0.15, -0.1) is 10.2 Å². The van der Waals surface area contributed by atoms with Crippen LogP contribution in [0.15, 0.2) is 52.9 Å². The maximum atomic E-state index is 13.7. The SMILES string of the molecule is COC(=O)c1ccc(-c2nnc(-c3ccccc3F)o2)cc1. The summed E-state index contributed by atoms with van der Waals surface area (Å²) in [7, 11) is 1.31. The van der Waals surface area contributed by atoms with Gasteiger partial charge in [0, 0.05) is 5.56 Å². The average molecular weight is 298 g/mol. The van der Waals surface area contributed by atoms with Gasteiger partial charge < -0.3 is 9.15 Å². The van der Waals surface area contributed by atoms with E-state index in [9.17, 15) is 9.18 Å². The number of carbonyl (C=O) groups excluding carboxylic acids is 1. The molecule has 0 amide bonds. The predicted octanol–water partition coefficient (Wildman–Crippen LogP) is 3.33. The highest BCUT2D eigenvalue weighted by Gasteiger charge is 2.14. The number of halogens is 1. The monoisotopic (exact) mass is 298 g/mol. The van der Waals surface area contributed by atoms with Crippen LogP contribution in [0.3, 0.4) is 0 Å². The minimum atomic E-state index is -0.432. The van der Waals surface area contributed by atoms with Crippen molar-refractivity contribution in [2.75, 3.05) is 7.11 Å². The second kappa shape index (κ2) is 5.77. The Hall–Kier alpha value is -3.02. The number of hydrogen-bond acceptors (Lipinski definition) is 5. The van der Waals surface area contributed by atoms with E-state index in [0.717, 1.165) is 0 Å². The molecule has 110 valence electrons. The summed E-state index contributed by atoms with van der Waals surface area (Å²) in [4.78, 5) is 11.4. The smallest absolute Gasteiger partial charge is 0.337 e. The number of ether oxygens (including phenoxy) is 1. The molecule has 0 spiro atoms. The molecule has 0 radical (unpaired) electrons. The molecule has 0 aliphatic rings. The summed E-state index contributed by atoms with van der Waals surface area (Å²) in [6.45, 7) is 0. The molecule has 3 aromatic rings. The van der Waals surface area contributed by atoms with Gasteiger partial charge in [0.2, 0.25) is 5.89 Å². The Kier molecular flexibility index (Phi) is 3.65. The average Bonchev–Trinajstić information content (AvgIpc) is 3.04. The third kappa shape index (κ3) is 2.58. The van der Waals surface area contributed by atoms with Crippen molar-refractivity contribution in [3.05, 3.63) is 59.9 Å². The summed E-state index contributed by atoms with van der Waals surface area (Å²) in [5.74, 6) is -0.511. The van der Waals surface area contributed by atoms with Gasteiger partial charge in [0.05, 0.1) is 18.2 Å². The Labute approximate surface area is 125 Å². The Bertz CT molecular complexity index is 812. The van der Waals surface area contributed by atoms with E-state index in [1.54, 1.807) is 42.5 Å². The number of methoxy groups -OCH3 is 1. The van der Waals surface area contributed by atoms with Gasteiger partial charge in [-0.2, -0.15) is 0 Å². The largest absolute Gasteiger partial charge is 0.465 e. The standard InChI is InChI=1S/C16H11FN2O3/c1-21-16(20)11-8-6-10(7-9-11)14-18-19-15(22-14)12-4-2-3-5-13(12)17/h2-9H,1H3. The van der Waals surface area contributed by atoms with Crippen molar-refractivity contribution in [2.24, 2.45) is 0 Å². The molecule has 22 heavy (non-hydrogen) atoms. The summed E-state index contributed by atoms with van der Waals surface area (Å²) in [5, 5.41) is 7.75. The lowest BCUT2D eigenvalue weighted by Crippen LogP contribution is -2.00. The Morgan fingerprint density at radius 1 is 1.05 bits per heavy atom. The lowest BCUT2D eigenvalue weighted by Gasteiger charge is -1.99. The molecule has 0 bridgehead atoms. The van der Waals surface area contributed by atoms with Gasteiger partial charge in [0.15, 0.2) is 0 Å². The predicted molar refractivity (Wildman–Crippen MR) is 76.5 cm³/mol. The van der Waals surface area contributed by atoms with Gasteiger partial charge in [0.1, 0.15) is 5.82 Å². The molecule has 0 fully saturated rings. The van der Waals surface area contributed by atoms with Crippen molar-refractivity contribution < 1.29 is 18.3 Å². The van der Waals surface area contributed by atoms with E-state index in [0.29, 0.717) is 11.1 Å². The van der Waals surface area contributed by atoms with E-state index >= 15 is 0 Å². The molecule has 2 aromatic carbocycles. The number of aromatic nitrogens is 2. The molecule has 0 aliphatic carbocycles. The van der Waals surface area contributed by atoms with Crippen LogP contribution in [0.4, 0.5) is 4.39 Å². The molecule has 0 N–H and O–H groups in total. The molecule has 1 heterocycles. The molecule has 0 atom stereocenters. The highest BCUT2D eigenvalue weighted by atomic mass is 19.1. The van der Waals surface area contributed by atoms with Crippen LogP contribution < -0.4 is 0 Å². The Morgan fingerprint density at radius 2 is 1.73 bits per heavy atom. The second-order valence-electron chi connectivity index (χ2n) is 4.46. The highest BCUT2D eigenvalue weighted by Crippen LogP contribution is 2.25. The zero-order valence-electron chi connectivity index (χ0n) is 11.6. The highest BCUT2D eigenvalue weighted by molar-refractivity contribution is 5.89. The van der Waals surface area contributed by atoms with Crippen LogP contribution in [-0.4, -0.2) is 23.3 Å². The fraction of sp³-hybridized carbons (Fsp3) is 0.0625. The quantitative estimate of drug-likeness (QED) is 0.694. The minimum Gasteiger partial charge on any atom is -0.465 e. The first-order chi connectivity index (χ1) is 10.7. The van der Waals surface area contributed by atoms with Crippen molar-refractivity contribution in [2.45, 2.75) is 0 Å². The van der Waals surface area contributed by atoms with Crippen LogP contribution in [-0.2, 0) is 4.74 Å². The van der Waals surface area contributed by atoms with Crippen LogP contribution in [0.25, 0.3) is 22.9 Å². The van der Waals surface area contributed by atoms with E-state index < -0.39 is 11.8 Å². The van der Waals surface area contributed by atoms with Gasteiger partial charge in [-0.25, -0.2) is 9.18 Å². The van der Waals surface area contributed by atoms with Crippen LogP contribution in [0.2, 0.25) is 0 Å². The zero-order valence-corrected chi connectivity index (χ0v) is 11.6. The summed E-state index contributed by atoms with van der Waals surface area (Å²) < 4.78 is 23.8. The van der Waals surface area contributed by atoms with Crippen LogP contribution in [0.5, 0.6) is 0 Å². The van der Waals surface area contributed by atoms with Crippen molar-refractivity contribution >= 4 is 5.97 Å². The van der Waals surface area contributed by atoms with Crippen LogP contribution in [0.1, 0.15) is 10.4 Å². The van der Waals surface area contributed by atoms with E-state index in [1.807, 2.05) is 0 Å². The van der Waals surface area contributed by atoms with Gasteiger partial charge in [-0.05, 0) is 36.4 Å². The van der Waals surface area contributed by atoms with Crippen molar-refractivity contribution in [3.8, 4) is 22.9 Å². The molecular weight excluding hydrogens is 287 g/mol. The zero-order chi connectivity index (χ0) is 15.5.